The number of carbonyl (C=O) groups excluding carboxylic acids is 1. The average molecular weight is 501 g/mol. The molecule has 148 valence electrons. The first-order valence-corrected chi connectivity index (χ1v) is 9.54. The van der Waals surface area contributed by atoms with Crippen LogP contribution in [0.1, 0.15) is 28.6 Å². The summed E-state index contributed by atoms with van der Waals surface area (Å²) >= 11 is 2.16. The second kappa shape index (κ2) is 8.22. The molecule has 0 saturated carbocycles. The summed E-state index contributed by atoms with van der Waals surface area (Å²) in [6.07, 6.45) is 0.936. The third-order valence-electron chi connectivity index (χ3n) is 4.31. The lowest BCUT2D eigenvalue weighted by molar-refractivity contribution is -0.384. The van der Waals surface area contributed by atoms with Crippen LogP contribution in [0.5, 0.6) is 0 Å². The van der Waals surface area contributed by atoms with Crippen molar-refractivity contribution < 1.29 is 19.2 Å². The van der Waals surface area contributed by atoms with Gasteiger partial charge in [-0.2, -0.15) is 0 Å². The van der Waals surface area contributed by atoms with Crippen molar-refractivity contribution in [2.75, 3.05) is 6.61 Å². The Balaban J connectivity index is 1.63. The maximum atomic E-state index is 12.1. The van der Waals surface area contributed by atoms with Gasteiger partial charge in [-0.25, -0.2) is 9.59 Å². The molecular weight excluding hydrogens is 485 g/mol. The van der Waals surface area contributed by atoms with E-state index in [0.29, 0.717) is 12.0 Å². The quantitative estimate of drug-likeness (QED) is 0.217. The van der Waals surface area contributed by atoms with Gasteiger partial charge in [0.1, 0.15) is 18.9 Å². The SMILES string of the molecule is Cc1cn([C@H]2C[C@H](I)[C@@H](COC(=O)c3ccc([N+](=O)[O-])cc3)O2)c(=O)[nH]c1=O. The van der Waals surface area contributed by atoms with Crippen LogP contribution in [0, 0.1) is 17.0 Å². The van der Waals surface area contributed by atoms with E-state index < -0.39 is 34.5 Å². The highest BCUT2D eigenvalue weighted by atomic mass is 127. The van der Waals surface area contributed by atoms with Crippen LogP contribution in [-0.2, 0) is 9.47 Å². The molecule has 1 N–H and O–H groups in total. The molecule has 1 aliphatic heterocycles. The summed E-state index contributed by atoms with van der Waals surface area (Å²) in [4.78, 5) is 48.0. The zero-order valence-corrected chi connectivity index (χ0v) is 16.8. The molecule has 1 aliphatic rings. The maximum Gasteiger partial charge on any atom is 0.338 e. The lowest BCUT2D eigenvalue weighted by Crippen LogP contribution is -2.33. The third kappa shape index (κ3) is 4.30. The number of nitro benzene ring substituents is 1. The molecule has 0 aliphatic carbocycles. The summed E-state index contributed by atoms with van der Waals surface area (Å²) in [7, 11) is 0. The first-order valence-electron chi connectivity index (χ1n) is 8.29. The van der Waals surface area contributed by atoms with Crippen LogP contribution in [-0.4, -0.2) is 37.1 Å². The molecule has 1 fully saturated rings. The molecular formula is C17H16IN3O7. The van der Waals surface area contributed by atoms with Crippen molar-refractivity contribution in [3.63, 3.8) is 0 Å². The number of esters is 1. The molecule has 1 saturated heterocycles. The number of H-pyrrole nitrogens is 1. The number of halogens is 1. The van der Waals surface area contributed by atoms with Gasteiger partial charge in [0.05, 0.1) is 10.5 Å². The Morgan fingerprint density at radius 2 is 2.07 bits per heavy atom. The summed E-state index contributed by atoms with van der Waals surface area (Å²) in [5.41, 5.74) is -0.544. The van der Waals surface area contributed by atoms with Gasteiger partial charge in [-0.3, -0.25) is 24.5 Å². The molecule has 2 heterocycles. The Kier molecular flexibility index (Phi) is 5.93. The van der Waals surface area contributed by atoms with E-state index in [-0.39, 0.29) is 21.8 Å². The molecule has 0 unspecified atom stereocenters. The summed E-state index contributed by atoms with van der Waals surface area (Å²) in [6, 6.07) is 5.10. The number of aromatic amines is 1. The number of aromatic nitrogens is 2. The standard InChI is InChI=1S/C17H16IN3O7/c1-9-7-20(17(24)19-15(9)22)14-6-12(18)13(28-14)8-27-16(23)10-2-4-11(5-3-10)21(25)26/h2-5,7,12-14H,6,8H2,1H3,(H,19,22,24)/t12-,13+,14+/m0/s1. The summed E-state index contributed by atoms with van der Waals surface area (Å²) in [5, 5.41) is 10.7. The monoisotopic (exact) mass is 501 g/mol. The molecule has 0 amide bonds. The Morgan fingerprint density at radius 1 is 1.39 bits per heavy atom. The fourth-order valence-electron chi connectivity index (χ4n) is 2.77. The van der Waals surface area contributed by atoms with E-state index in [9.17, 15) is 24.5 Å². The second-order valence-electron chi connectivity index (χ2n) is 6.26. The number of nitro groups is 1. The Bertz CT molecular complexity index is 1010. The van der Waals surface area contributed by atoms with Crippen LogP contribution in [0.4, 0.5) is 5.69 Å². The molecule has 3 rings (SSSR count). The Morgan fingerprint density at radius 3 is 2.71 bits per heavy atom. The van der Waals surface area contributed by atoms with Crippen LogP contribution < -0.4 is 11.2 Å². The van der Waals surface area contributed by atoms with Crippen molar-refractivity contribution in [1.82, 2.24) is 9.55 Å². The highest BCUT2D eigenvalue weighted by molar-refractivity contribution is 14.1. The third-order valence-corrected chi connectivity index (χ3v) is 5.62. The van der Waals surface area contributed by atoms with Gasteiger partial charge in [-0.05, 0) is 19.1 Å². The van der Waals surface area contributed by atoms with Crippen LogP contribution in [0.15, 0.2) is 40.1 Å². The molecule has 0 bridgehead atoms. The zero-order chi connectivity index (χ0) is 20.4. The molecule has 0 radical (unpaired) electrons. The topological polar surface area (TPSA) is 134 Å². The number of nitrogens with zero attached hydrogens (tertiary/aromatic N) is 2. The lowest BCUT2D eigenvalue weighted by atomic mass is 10.2. The minimum absolute atomic E-state index is 0.0219. The number of ether oxygens (including phenoxy) is 2. The van der Waals surface area contributed by atoms with Crippen LogP contribution in [0.25, 0.3) is 0 Å². The second-order valence-corrected chi connectivity index (χ2v) is 7.86. The van der Waals surface area contributed by atoms with Crippen molar-refractivity contribution >= 4 is 34.2 Å². The van der Waals surface area contributed by atoms with Gasteiger partial charge >= 0.3 is 11.7 Å². The highest BCUT2D eigenvalue weighted by Gasteiger charge is 2.36. The van der Waals surface area contributed by atoms with E-state index in [0.717, 1.165) is 0 Å². The van der Waals surface area contributed by atoms with Gasteiger partial charge < -0.3 is 9.47 Å². The largest absolute Gasteiger partial charge is 0.459 e. The molecule has 1 aromatic heterocycles. The van der Waals surface area contributed by atoms with Crippen LogP contribution in [0.2, 0.25) is 0 Å². The highest BCUT2D eigenvalue weighted by Crippen LogP contribution is 2.33. The van der Waals surface area contributed by atoms with Crippen molar-refractivity contribution in [3.05, 3.63) is 72.5 Å². The van der Waals surface area contributed by atoms with Gasteiger partial charge in [-0.15, -0.1) is 0 Å². The number of aryl methyl sites for hydroxylation is 1. The molecule has 1 aromatic carbocycles. The average Bonchev–Trinajstić information content (AvgIpc) is 3.03. The first kappa shape index (κ1) is 20.2. The van der Waals surface area contributed by atoms with Gasteiger partial charge in [0.2, 0.25) is 0 Å². The number of alkyl halides is 1. The van der Waals surface area contributed by atoms with Crippen molar-refractivity contribution in [2.24, 2.45) is 0 Å². The number of benzene rings is 1. The van der Waals surface area contributed by atoms with Crippen molar-refractivity contribution in [1.29, 1.82) is 0 Å². The maximum absolute atomic E-state index is 12.1. The van der Waals surface area contributed by atoms with E-state index in [1.165, 1.54) is 35.0 Å². The minimum atomic E-state index is -0.623. The number of carbonyl (C=O) groups is 1. The van der Waals surface area contributed by atoms with Gasteiger partial charge in [-0.1, -0.05) is 22.6 Å². The molecule has 3 atom stereocenters. The number of hydrogen-bond acceptors (Lipinski definition) is 7. The predicted molar refractivity (Wildman–Crippen MR) is 106 cm³/mol. The smallest absolute Gasteiger partial charge is 0.338 e. The van der Waals surface area contributed by atoms with Crippen LogP contribution in [0.3, 0.4) is 0 Å². The molecule has 11 heteroatoms. The number of rotatable bonds is 5. The van der Waals surface area contributed by atoms with Gasteiger partial charge in [0.25, 0.3) is 11.2 Å². The fourth-order valence-corrected chi connectivity index (χ4v) is 3.58. The van der Waals surface area contributed by atoms with E-state index in [4.69, 9.17) is 9.47 Å². The van der Waals surface area contributed by atoms with Gasteiger partial charge in [0, 0.05) is 34.2 Å². The molecule has 2 aromatic rings. The molecule has 10 nitrogen and oxygen atoms in total. The van der Waals surface area contributed by atoms with E-state index in [1.807, 2.05) is 0 Å². The number of non-ortho nitro benzene ring substituents is 1. The first-order chi connectivity index (χ1) is 13.3. The predicted octanol–water partition coefficient (Wildman–Crippen LogP) is 1.70. The lowest BCUT2D eigenvalue weighted by Gasteiger charge is -2.16. The number of hydrogen-bond donors (Lipinski definition) is 1. The summed E-state index contributed by atoms with van der Waals surface area (Å²) in [5.74, 6) is -0.623. The molecule has 0 spiro atoms. The van der Waals surface area contributed by atoms with Crippen molar-refractivity contribution in [3.8, 4) is 0 Å². The Hall–Kier alpha value is -2.54. The van der Waals surface area contributed by atoms with Crippen LogP contribution >= 0.6 is 22.6 Å². The number of nitrogens with one attached hydrogen (secondary N) is 1. The molecule has 28 heavy (non-hydrogen) atoms. The van der Waals surface area contributed by atoms with E-state index >= 15 is 0 Å². The van der Waals surface area contributed by atoms with E-state index in [1.54, 1.807) is 6.92 Å². The zero-order valence-electron chi connectivity index (χ0n) is 14.7. The van der Waals surface area contributed by atoms with E-state index in [2.05, 4.69) is 27.6 Å². The summed E-state index contributed by atoms with van der Waals surface area (Å²) in [6.45, 7) is 1.56. The summed E-state index contributed by atoms with van der Waals surface area (Å²) < 4.78 is 12.4. The normalized spacial score (nSPS) is 21.4. The Labute approximate surface area is 171 Å². The minimum Gasteiger partial charge on any atom is -0.459 e. The fraction of sp³-hybridized carbons (Fsp3) is 0.353. The van der Waals surface area contributed by atoms with Gasteiger partial charge in [0.15, 0.2) is 0 Å². The van der Waals surface area contributed by atoms with Crippen molar-refractivity contribution in [2.45, 2.75) is 29.6 Å².